The van der Waals surface area contributed by atoms with Crippen molar-refractivity contribution in [1.82, 2.24) is 10.2 Å². The molecule has 0 amide bonds. The molecule has 0 aliphatic rings. The molecule has 108 valence electrons. The second kappa shape index (κ2) is 8.28. The van der Waals surface area contributed by atoms with Gasteiger partial charge in [-0.3, -0.25) is 0 Å². The first kappa shape index (κ1) is 16.1. The summed E-state index contributed by atoms with van der Waals surface area (Å²) < 4.78 is 13.1. The maximum atomic E-state index is 13.1. The molecule has 0 bridgehead atoms. The number of rotatable bonds is 8. The predicted molar refractivity (Wildman–Crippen MR) is 80.0 cm³/mol. The fourth-order valence-electron chi connectivity index (χ4n) is 2.11. The van der Waals surface area contributed by atoms with Crippen molar-refractivity contribution in [3.63, 3.8) is 0 Å². The van der Waals surface area contributed by atoms with E-state index in [4.69, 9.17) is 0 Å². The molecular formula is C16H27FN2. The highest BCUT2D eigenvalue weighted by Crippen LogP contribution is 2.06. The van der Waals surface area contributed by atoms with Crippen LogP contribution in [0.4, 0.5) is 4.39 Å². The van der Waals surface area contributed by atoms with E-state index in [1.807, 2.05) is 6.07 Å². The van der Waals surface area contributed by atoms with Gasteiger partial charge in [0.2, 0.25) is 0 Å². The van der Waals surface area contributed by atoms with Crippen molar-refractivity contribution in [3.8, 4) is 0 Å². The van der Waals surface area contributed by atoms with Gasteiger partial charge in [-0.1, -0.05) is 19.1 Å². The van der Waals surface area contributed by atoms with Gasteiger partial charge in [-0.15, -0.1) is 0 Å². The Kier molecular flexibility index (Phi) is 7.03. The molecule has 1 N–H and O–H groups in total. The number of hydrogen-bond acceptors (Lipinski definition) is 2. The maximum absolute atomic E-state index is 13.1. The fraction of sp³-hybridized carbons (Fsp3) is 0.625. The molecule has 0 spiro atoms. The van der Waals surface area contributed by atoms with E-state index < -0.39 is 0 Å². The Hall–Kier alpha value is -0.930. The molecule has 2 atom stereocenters. The summed E-state index contributed by atoms with van der Waals surface area (Å²) in [5.41, 5.74) is 1.05. The average molecular weight is 266 g/mol. The molecule has 1 aromatic carbocycles. The van der Waals surface area contributed by atoms with Crippen molar-refractivity contribution in [3.05, 3.63) is 35.6 Å². The molecule has 0 saturated carbocycles. The number of hydrogen-bond donors (Lipinski definition) is 1. The maximum Gasteiger partial charge on any atom is 0.123 e. The standard InChI is InChI=1S/C16H27FN2/c1-5-14(3)19(4)10-9-18-13(2)11-15-7-6-8-16(17)12-15/h6-8,12-14,18H,5,9-11H2,1-4H3. The van der Waals surface area contributed by atoms with Gasteiger partial charge in [-0.2, -0.15) is 0 Å². The van der Waals surface area contributed by atoms with Gasteiger partial charge in [-0.25, -0.2) is 4.39 Å². The highest BCUT2D eigenvalue weighted by atomic mass is 19.1. The molecule has 1 rings (SSSR count). The predicted octanol–water partition coefficient (Wildman–Crippen LogP) is 3.08. The van der Waals surface area contributed by atoms with Crippen molar-refractivity contribution in [2.24, 2.45) is 0 Å². The van der Waals surface area contributed by atoms with Crippen LogP contribution >= 0.6 is 0 Å². The third-order valence-electron chi connectivity index (χ3n) is 3.73. The summed E-state index contributed by atoms with van der Waals surface area (Å²) >= 11 is 0. The summed E-state index contributed by atoms with van der Waals surface area (Å²) in [6.45, 7) is 8.62. The molecule has 19 heavy (non-hydrogen) atoms. The number of benzene rings is 1. The Morgan fingerprint density at radius 3 is 2.68 bits per heavy atom. The third-order valence-corrected chi connectivity index (χ3v) is 3.73. The summed E-state index contributed by atoms with van der Waals surface area (Å²) in [7, 11) is 2.16. The zero-order valence-electron chi connectivity index (χ0n) is 12.6. The second-order valence-electron chi connectivity index (χ2n) is 5.43. The topological polar surface area (TPSA) is 15.3 Å². The first-order chi connectivity index (χ1) is 9.02. The van der Waals surface area contributed by atoms with E-state index in [9.17, 15) is 4.39 Å². The lowest BCUT2D eigenvalue weighted by Gasteiger charge is -2.24. The number of nitrogens with one attached hydrogen (secondary N) is 1. The minimum absolute atomic E-state index is 0.152. The zero-order chi connectivity index (χ0) is 14.3. The van der Waals surface area contributed by atoms with Crippen molar-refractivity contribution in [2.75, 3.05) is 20.1 Å². The SMILES string of the molecule is CCC(C)N(C)CCNC(C)Cc1cccc(F)c1. The van der Waals surface area contributed by atoms with Crippen LogP contribution in [0, 0.1) is 5.82 Å². The second-order valence-corrected chi connectivity index (χ2v) is 5.43. The summed E-state index contributed by atoms with van der Waals surface area (Å²) in [5, 5.41) is 3.50. The Morgan fingerprint density at radius 2 is 2.05 bits per heavy atom. The molecule has 3 heteroatoms. The van der Waals surface area contributed by atoms with Crippen LogP contribution < -0.4 is 5.32 Å². The van der Waals surface area contributed by atoms with E-state index in [1.165, 1.54) is 12.5 Å². The van der Waals surface area contributed by atoms with Crippen LogP contribution in [0.2, 0.25) is 0 Å². The summed E-state index contributed by atoms with van der Waals surface area (Å²) in [6.07, 6.45) is 2.04. The van der Waals surface area contributed by atoms with Crippen LogP contribution in [0.15, 0.2) is 24.3 Å². The van der Waals surface area contributed by atoms with Crippen LogP contribution in [0.25, 0.3) is 0 Å². The molecule has 2 nitrogen and oxygen atoms in total. The van der Waals surface area contributed by atoms with Gasteiger partial charge in [0, 0.05) is 25.2 Å². The Morgan fingerprint density at radius 1 is 1.32 bits per heavy atom. The average Bonchev–Trinajstić information content (AvgIpc) is 2.37. The molecular weight excluding hydrogens is 239 g/mol. The molecule has 0 heterocycles. The minimum Gasteiger partial charge on any atom is -0.313 e. The zero-order valence-corrected chi connectivity index (χ0v) is 12.6. The highest BCUT2D eigenvalue weighted by Gasteiger charge is 2.07. The van der Waals surface area contributed by atoms with Crippen molar-refractivity contribution < 1.29 is 4.39 Å². The van der Waals surface area contributed by atoms with E-state index in [0.717, 1.165) is 25.1 Å². The number of likely N-dealkylation sites (N-methyl/N-ethyl adjacent to an activating group) is 1. The summed E-state index contributed by atoms with van der Waals surface area (Å²) in [5.74, 6) is -0.152. The molecule has 0 saturated heterocycles. The molecule has 0 radical (unpaired) electrons. The largest absolute Gasteiger partial charge is 0.313 e. The highest BCUT2D eigenvalue weighted by molar-refractivity contribution is 5.17. The monoisotopic (exact) mass is 266 g/mol. The first-order valence-corrected chi connectivity index (χ1v) is 7.21. The van der Waals surface area contributed by atoms with Gasteiger partial charge in [0.1, 0.15) is 5.82 Å². The minimum atomic E-state index is -0.152. The molecule has 2 unspecified atom stereocenters. The molecule has 0 aromatic heterocycles. The van der Waals surface area contributed by atoms with Gasteiger partial charge in [0.05, 0.1) is 0 Å². The summed E-state index contributed by atoms with van der Waals surface area (Å²) in [6, 6.07) is 7.85. The van der Waals surface area contributed by atoms with E-state index >= 15 is 0 Å². The molecule has 0 fully saturated rings. The van der Waals surface area contributed by atoms with Crippen molar-refractivity contribution in [2.45, 2.75) is 45.7 Å². The first-order valence-electron chi connectivity index (χ1n) is 7.21. The van der Waals surface area contributed by atoms with Gasteiger partial charge in [0.25, 0.3) is 0 Å². The van der Waals surface area contributed by atoms with E-state index in [0.29, 0.717) is 12.1 Å². The molecule has 0 aliphatic carbocycles. The van der Waals surface area contributed by atoms with Crippen LogP contribution in [-0.2, 0) is 6.42 Å². The van der Waals surface area contributed by atoms with E-state index in [1.54, 1.807) is 12.1 Å². The lowest BCUT2D eigenvalue weighted by atomic mass is 10.1. The lowest BCUT2D eigenvalue weighted by molar-refractivity contribution is 0.249. The van der Waals surface area contributed by atoms with Crippen LogP contribution in [0.1, 0.15) is 32.8 Å². The van der Waals surface area contributed by atoms with Gasteiger partial charge in [0.15, 0.2) is 0 Å². The number of halogens is 1. The van der Waals surface area contributed by atoms with E-state index in [2.05, 4.69) is 38.0 Å². The summed E-state index contributed by atoms with van der Waals surface area (Å²) in [4.78, 5) is 2.36. The van der Waals surface area contributed by atoms with Crippen molar-refractivity contribution in [1.29, 1.82) is 0 Å². The van der Waals surface area contributed by atoms with E-state index in [-0.39, 0.29) is 5.82 Å². The smallest absolute Gasteiger partial charge is 0.123 e. The third kappa shape index (κ3) is 6.17. The van der Waals surface area contributed by atoms with Crippen molar-refractivity contribution >= 4 is 0 Å². The van der Waals surface area contributed by atoms with Crippen LogP contribution in [-0.4, -0.2) is 37.1 Å². The molecule has 1 aromatic rings. The molecule has 0 aliphatic heterocycles. The normalized spacial score (nSPS) is 14.6. The lowest BCUT2D eigenvalue weighted by Crippen LogP contribution is -2.38. The van der Waals surface area contributed by atoms with Gasteiger partial charge >= 0.3 is 0 Å². The van der Waals surface area contributed by atoms with Gasteiger partial charge < -0.3 is 10.2 Å². The van der Waals surface area contributed by atoms with Crippen LogP contribution in [0.5, 0.6) is 0 Å². The fourth-order valence-corrected chi connectivity index (χ4v) is 2.11. The van der Waals surface area contributed by atoms with Gasteiger partial charge in [-0.05, 0) is 51.4 Å². The Bertz CT molecular complexity index is 368. The number of nitrogens with zero attached hydrogens (tertiary/aromatic N) is 1. The Labute approximate surface area is 117 Å². The Balaban J connectivity index is 2.26. The quantitative estimate of drug-likeness (QED) is 0.778. The van der Waals surface area contributed by atoms with Crippen LogP contribution in [0.3, 0.4) is 0 Å².